The average Bonchev–Trinajstić information content (AvgIpc) is 3.41. The Morgan fingerprint density at radius 2 is 1.79 bits per heavy atom. The molecule has 1 saturated heterocycles. The lowest BCUT2D eigenvalue weighted by Gasteiger charge is -2.24. The Balaban J connectivity index is 1.86. The van der Waals surface area contributed by atoms with Crippen LogP contribution in [0.5, 0.6) is 11.5 Å². The maximum Gasteiger partial charge on any atom is 0.295 e. The van der Waals surface area contributed by atoms with Crippen molar-refractivity contribution < 1.29 is 24.2 Å². The molecule has 1 N–H and O–H groups in total. The molecule has 4 rings (SSSR count). The van der Waals surface area contributed by atoms with Crippen LogP contribution in [0.3, 0.4) is 0 Å². The van der Waals surface area contributed by atoms with Crippen molar-refractivity contribution in [1.82, 2.24) is 4.90 Å². The number of amides is 1. The summed E-state index contributed by atoms with van der Waals surface area (Å²) in [6.07, 6.45) is 0. The van der Waals surface area contributed by atoms with Gasteiger partial charge in [0.1, 0.15) is 17.3 Å². The lowest BCUT2D eigenvalue weighted by Crippen LogP contribution is -2.28. The van der Waals surface area contributed by atoms with Crippen molar-refractivity contribution in [3.05, 3.63) is 86.6 Å². The van der Waals surface area contributed by atoms with Crippen molar-refractivity contribution in [2.45, 2.75) is 26.4 Å². The van der Waals surface area contributed by atoms with Gasteiger partial charge >= 0.3 is 0 Å². The van der Waals surface area contributed by atoms with E-state index < -0.39 is 17.7 Å². The summed E-state index contributed by atoms with van der Waals surface area (Å²) >= 11 is 1.43. The maximum atomic E-state index is 13.2. The average molecular weight is 464 g/mol. The highest BCUT2D eigenvalue weighted by atomic mass is 32.1. The highest BCUT2D eigenvalue weighted by Crippen LogP contribution is 2.43. The highest BCUT2D eigenvalue weighted by molar-refractivity contribution is 7.10. The van der Waals surface area contributed by atoms with Crippen molar-refractivity contribution in [3.8, 4) is 11.5 Å². The molecular formula is C26H25NO5S. The van der Waals surface area contributed by atoms with Crippen molar-refractivity contribution in [1.29, 1.82) is 0 Å². The first-order valence-corrected chi connectivity index (χ1v) is 11.3. The number of carbonyl (C=O) groups excluding carboxylic acids is 2. The van der Waals surface area contributed by atoms with Gasteiger partial charge in [-0.15, -0.1) is 11.3 Å². The number of ketones is 1. The number of hydrogen-bond donors (Lipinski definition) is 1. The SMILES string of the molecule is COc1ccc(CN2C(=O)C(=O)/C(=C(\O)c3cc(C)cc(C)c3OC)C2c2cccs2)cc1. The number of rotatable bonds is 6. The van der Waals surface area contributed by atoms with Gasteiger partial charge in [0.2, 0.25) is 0 Å². The number of ether oxygens (including phenoxy) is 2. The number of Topliss-reactive ketones (excluding diaryl/α,β-unsaturated/α-hetero) is 1. The molecule has 1 amide bonds. The van der Waals surface area contributed by atoms with Gasteiger partial charge in [0, 0.05) is 11.4 Å². The maximum absolute atomic E-state index is 13.2. The second kappa shape index (κ2) is 9.11. The van der Waals surface area contributed by atoms with Gasteiger partial charge < -0.3 is 19.5 Å². The normalized spacial score (nSPS) is 17.5. The minimum atomic E-state index is -0.708. The van der Waals surface area contributed by atoms with Gasteiger partial charge in [-0.05, 0) is 60.2 Å². The molecular weight excluding hydrogens is 438 g/mol. The fraction of sp³-hybridized carbons (Fsp3) is 0.231. The van der Waals surface area contributed by atoms with Crippen molar-refractivity contribution in [2.75, 3.05) is 14.2 Å². The van der Waals surface area contributed by atoms with E-state index in [0.29, 0.717) is 17.1 Å². The molecule has 2 heterocycles. The molecule has 0 bridgehead atoms. The number of thiophene rings is 1. The van der Waals surface area contributed by atoms with E-state index in [-0.39, 0.29) is 17.9 Å². The molecule has 170 valence electrons. The summed E-state index contributed by atoms with van der Waals surface area (Å²) in [6.45, 7) is 4.00. The van der Waals surface area contributed by atoms with Gasteiger partial charge in [0.15, 0.2) is 0 Å². The monoisotopic (exact) mass is 463 g/mol. The predicted octanol–water partition coefficient (Wildman–Crippen LogP) is 5.00. The van der Waals surface area contributed by atoms with Crippen LogP contribution in [0, 0.1) is 13.8 Å². The molecule has 0 radical (unpaired) electrons. The van der Waals surface area contributed by atoms with Crippen LogP contribution >= 0.6 is 11.3 Å². The molecule has 3 aromatic rings. The van der Waals surface area contributed by atoms with Gasteiger partial charge in [-0.25, -0.2) is 0 Å². The quantitative estimate of drug-likeness (QED) is 0.316. The standard InChI is InChI=1S/C26H25NO5S/c1-15-12-16(2)25(32-4)19(13-15)23(28)21-22(20-6-5-11-33-20)27(26(30)24(21)29)14-17-7-9-18(31-3)10-8-17/h5-13,22,28H,14H2,1-4H3/b23-21-. The molecule has 1 atom stereocenters. The minimum absolute atomic E-state index is 0.0688. The fourth-order valence-electron chi connectivity index (χ4n) is 4.26. The number of aliphatic hydroxyl groups excluding tert-OH is 1. The molecule has 1 aromatic heterocycles. The third-order valence-corrected chi connectivity index (χ3v) is 6.67. The summed E-state index contributed by atoms with van der Waals surface area (Å²) in [4.78, 5) is 28.7. The molecule has 7 heteroatoms. The van der Waals surface area contributed by atoms with Gasteiger partial charge in [-0.1, -0.05) is 24.3 Å². The van der Waals surface area contributed by atoms with Crippen molar-refractivity contribution >= 4 is 28.8 Å². The molecule has 1 fully saturated rings. The van der Waals surface area contributed by atoms with Crippen LogP contribution in [0.15, 0.2) is 59.5 Å². The number of methoxy groups -OCH3 is 2. The second-order valence-electron chi connectivity index (χ2n) is 7.95. The van der Waals surface area contributed by atoms with Crippen molar-refractivity contribution in [2.24, 2.45) is 0 Å². The second-order valence-corrected chi connectivity index (χ2v) is 8.93. The molecule has 6 nitrogen and oxygen atoms in total. The van der Waals surface area contributed by atoms with Crippen LogP contribution < -0.4 is 9.47 Å². The van der Waals surface area contributed by atoms with Gasteiger partial charge in [-0.3, -0.25) is 9.59 Å². The first kappa shape index (κ1) is 22.6. The Hall–Kier alpha value is -3.58. The summed E-state index contributed by atoms with van der Waals surface area (Å²) in [5.74, 6) is -0.399. The first-order valence-electron chi connectivity index (χ1n) is 10.5. The summed E-state index contributed by atoms with van der Waals surface area (Å²) < 4.78 is 10.7. The van der Waals surface area contributed by atoms with Gasteiger partial charge in [0.05, 0.1) is 31.4 Å². The van der Waals surface area contributed by atoms with Crippen LogP contribution in [-0.2, 0) is 16.1 Å². The lowest BCUT2D eigenvalue weighted by atomic mass is 9.96. The minimum Gasteiger partial charge on any atom is -0.507 e. The molecule has 0 saturated carbocycles. The van der Waals surface area contributed by atoms with E-state index in [2.05, 4.69) is 0 Å². The molecule has 0 aliphatic carbocycles. The number of benzene rings is 2. The van der Waals surface area contributed by atoms with E-state index in [9.17, 15) is 14.7 Å². The van der Waals surface area contributed by atoms with E-state index >= 15 is 0 Å². The largest absolute Gasteiger partial charge is 0.507 e. The first-order chi connectivity index (χ1) is 15.8. The highest BCUT2D eigenvalue weighted by Gasteiger charge is 2.46. The van der Waals surface area contributed by atoms with Crippen LogP contribution in [0.4, 0.5) is 0 Å². The Morgan fingerprint density at radius 1 is 1.06 bits per heavy atom. The van der Waals surface area contributed by atoms with Crippen LogP contribution in [0.1, 0.15) is 33.2 Å². The molecule has 33 heavy (non-hydrogen) atoms. The number of carbonyl (C=O) groups is 2. The molecule has 0 spiro atoms. The van der Waals surface area contributed by atoms with Crippen LogP contribution in [0.2, 0.25) is 0 Å². The summed E-state index contributed by atoms with van der Waals surface area (Å²) in [5.41, 5.74) is 3.07. The molecule has 2 aromatic carbocycles. The van der Waals surface area contributed by atoms with E-state index in [1.165, 1.54) is 23.3 Å². The number of likely N-dealkylation sites (tertiary alicyclic amines) is 1. The number of nitrogens with zero attached hydrogens (tertiary/aromatic N) is 1. The van der Waals surface area contributed by atoms with E-state index in [1.807, 2.05) is 61.7 Å². The third-order valence-electron chi connectivity index (χ3n) is 5.74. The Bertz CT molecular complexity index is 1230. The van der Waals surface area contributed by atoms with E-state index in [1.54, 1.807) is 13.2 Å². The van der Waals surface area contributed by atoms with Gasteiger partial charge in [0.25, 0.3) is 11.7 Å². The van der Waals surface area contributed by atoms with E-state index in [0.717, 1.165) is 21.6 Å². The summed E-state index contributed by atoms with van der Waals surface area (Å²) in [6, 6.07) is 14.1. The molecule has 1 unspecified atom stereocenters. The zero-order valence-electron chi connectivity index (χ0n) is 18.9. The molecule has 1 aliphatic rings. The smallest absolute Gasteiger partial charge is 0.295 e. The van der Waals surface area contributed by atoms with E-state index in [4.69, 9.17) is 9.47 Å². The number of aryl methyl sites for hydroxylation is 2. The Morgan fingerprint density at radius 3 is 2.39 bits per heavy atom. The van der Waals surface area contributed by atoms with Crippen molar-refractivity contribution in [3.63, 3.8) is 0 Å². The summed E-state index contributed by atoms with van der Waals surface area (Å²) in [7, 11) is 3.11. The van der Waals surface area contributed by atoms with Crippen LogP contribution in [0.25, 0.3) is 5.76 Å². The third kappa shape index (κ3) is 4.12. The lowest BCUT2D eigenvalue weighted by molar-refractivity contribution is -0.140. The van der Waals surface area contributed by atoms with Crippen LogP contribution in [-0.4, -0.2) is 35.9 Å². The predicted molar refractivity (Wildman–Crippen MR) is 128 cm³/mol. The van der Waals surface area contributed by atoms with Gasteiger partial charge in [-0.2, -0.15) is 0 Å². The Kier molecular flexibility index (Phi) is 6.24. The number of hydrogen-bond acceptors (Lipinski definition) is 6. The topological polar surface area (TPSA) is 76.1 Å². The Labute approximate surface area is 196 Å². The zero-order chi connectivity index (χ0) is 23.7. The summed E-state index contributed by atoms with van der Waals surface area (Å²) in [5, 5.41) is 13.3. The zero-order valence-corrected chi connectivity index (χ0v) is 19.7. The fourth-order valence-corrected chi connectivity index (χ4v) is 5.11. The molecule has 1 aliphatic heterocycles. The number of aliphatic hydroxyl groups is 1.